The van der Waals surface area contributed by atoms with E-state index in [-0.39, 0.29) is 11.6 Å². The van der Waals surface area contributed by atoms with Gasteiger partial charge in [0.2, 0.25) is 0 Å². The zero-order valence-electron chi connectivity index (χ0n) is 13.2. The molecule has 0 aliphatic heterocycles. The predicted octanol–water partition coefficient (Wildman–Crippen LogP) is 3.92. The zero-order chi connectivity index (χ0) is 15.5. The van der Waals surface area contributed by atoms with Gasteiger partial charge in [0.05, 0.1) is 12.7 Å². The smallest absolute Gasteiger partial charge is 0.122 e. The van der Waals surface area contributed by atoms with Crippen LogP contribution >= 0.6 is 15.9 Å². The molecule has 1 unspecified atom stereocenters. The SMILES string of the molecule is COc1ccc(Br)cc1CC(N)C1(OC)CCC(C)CC1. The van der Waals surface area contributed by atoms with Crippen molar-refractivity contribution in [3.05, 3.63) is 28.2 Å². The third-order valence-corrected chi connectivity index (χ3v) is 5.38. The van der Waals surface area contributed by atoms with Gasteiger partial charge in [0.15, 0.2) is 0 Å². The minimum atomic E-state index is -0.195. The molecule has 2 N–H and O–H groups in total. The molecule has 118 valence electrons. The van der Waals surface area contributed by atoms with Gasteiger partial charge in [0, 0.05) is 17.6 Å². The largest absolute Gasteiger partial charge is 0.496 e. The summed E-state index contributed by atoms with van der Waals surface area (Å²) in [6, 6.07) is 6.04. The van der Waals surface area contributed by atoms with E-state index in [1.54, 1.807) is 14.2 Å². The number of hydrogen-bond donors (Lipinski definition) is 1. The summed E-state index contributed by atoms with van der Waals surface area (Å²) in [7, 11) is 3.50. The van der Waals surface area contributed by atoms with E-state index < -0.39 is 0 Å². The van der Waals surface area contributed by atoms with Gasteiger partial charge in [0.25, 0.3) is 0 Å². The lowest BCUT2D eigenvalue weighted by Crippen LogP contribution is -2.52. The fourth-order valence-electron chi connectivity index (χ4n) is 3.31. The lowest BCUT2D eigenvalue weighted by atomic mass is 9.74. The van der Waals surface area contributed by atoms with Crippen LogP contribution in [-0.4, -0.2) is 25.9 Å². The van der Waals surface area contributed by atoms with Gasteiger partial charge in [-0.15, -0.1) is 0 Å². The summed E-state index contributed by atoms with van der Waals surface area (Å²) in [5, 5.41) is 0. The Labute approximate surface area is 136 Å². The van der Waals surface area contributed by atoms with Crippen molar-refractivity contribution in [1.29, 1.82) is 0 Å². The Kier molecular flexibility index (Phi) is 5.69. The average Bonchev–Trinajstić information content (AvgIpc) is 2.48. The molecule has 1 atom stereocenters. The second-order valence-electron chi connectivity index (χ2n) is 6.22. The first-order chi connectivity index (χ1) is 10.0. The molecule has 3 nitrogen and oxygen atoms in total. The highest BCUT2D eigenvalue weighted by Gasteiger charge is 2.39. The van der Waals surface area contributed by atoms with Crippen LogP contribution < -0.4 is 10.5 Å². The molecule has 1 aromatic carbocycles. The molecule has 0 amide bonds. The molecule has 0 spiro atoms. The molecule has 0 heterocycles. The van der Waals surface area contributed by atoms with Gasteiger partial charge in [-0.3, -0.25) is 0 Å². The van der Waals surface area contributed by atoms with Crippen LogP contribution in [0.25, 0.3) is 0 Å². The van der Waals surface area contributed by atoms with Gasteiger partial charge >= 0.3 is 0 Å². The first-order valence-electron chi connectivity index (χ1n) is 7.64. The van der Waals surface area contributed by atoms with Gasteiger partial charge in [-0.05, 0) is 61.8 Å². The van der Waals surface area contributed by atoms with E-state index in [0.29, 0.717) is 0 Å². The van der Waals surface area contributed by atoms with Crippen molar-refractivity contribution < 1.29 is 9.47 Å². The second-order valence-corrected chi connectivity index (χ2v) is 7.13. The number of nitrogens with two attached hydrogens (primary N) is 1. The van der Waals surface area contributed by atoms with E-state index in [1.165, 1.54) is 12.8 Å². The summed E-state index contributed by atoms with van der Waals surface area (Å²) in [5.41, 5.74) is 7.49. The Morgan fingerprint density at radius 1 is 1.33 bits per heavy atom. The minimum absolute atomic E-state index is 0.0156. The molecule has 2 rings (SSSR count). The van der Waals surface area contributed by atoms with E-state index >= 15 is 0 Å². The Hall–Kier alpha value is -0.580. The quantitative estimate of drug-likeness (QED) is 0.870. The van der Waals surface area contributed by atoms with Crippen molar-refractivity contribution in [2.75, 3.05) is 14.2 Å². The van der Waals surface area contributed by atoms with E-state index in [2.05, 4.69) is 28.9 Å². The first kappa shape index (κ1) is 16.8. The van der Waals surface area contributed by atoms with Crippen molar-refractivity contribution in [3.63, 3.8) is 0 Å². The van der Waals surface area contributed by atoms with Crippen LogP contribution in [0, 0.1) is 5.92 Å². The summed E-state index contributed by atoms with van der Waals surface area (Å²) >= 11 is 3.52. The first-order valence-corrected chi connectivity index (χ1v) is 8.43. The molecule has 1 fully saturated rings. The lowest BCUT2D eigenvalue weighted by molar-refractivity contribution is -0.0659. The third kappa shape index (κ3) is 3.79. The minimum Gasteiger partial charge on any atom is -0.496 e. The molecule has 0 bridgehead atoms. The Morgan fingerprint density at radius 2 is 2.00 bits per heavy atom. The molecule has 1 aliphatic rings. The summed E-state index contributed by atoms with van der Waals surface area (Å²) in [4.78, 5) is 0. The fourth-order valence-corrected chi connectivity index (χ4v) is 3.72. The molecule has 21 heavy (non-hydrogen) atoms. The molecule has 0 saturated heterocycles. The van der Waals surface area contributed by atoms with Gasteiger partial charge in [-0.1, -0.05) is 22.9 Å². The van der Waals surface area contributed by atoms with Gasteiger partial charge in [-0.25, -0.2) is 0 Å². The van der Waals surface area contributed by atoms with Gasteiger partial charge < -0.3 is 15.2 Å². The average molecular weight is 356 g/mol. The van der Waals surface area contributed by atoms with Crippen LogP contribution in [-0.2, 0) is 11.2 Å². The lowest BCUT2D eigenvalue weighted by Gasteiger charge is -2.42. The number of halogens is 1. The number of hydrogen-bond acceptors (Lipinski definition) is 3. The molecule has 0 radical (unpaired) electrons. The standard InChI is InChI=1S/C17H26BrNO2/c1-12-6-8-17(21-3,9-7-12)16(19)11-13-10-14(18)4-5-15(13)20-2/h4-5,10,12,16H,6-9,11,19H2,1-3H3. The molecule has 1 aliphatic carbocycles. The monoisotopic (exact) mass is 355 g/mol. The van der Waals surface area contributed by atoms with Crippen LogP contribution in [0.1, 0.15) is 38.2 Å². The van der Waals surface area contributed by atoms with Gasteiger partial charge in [-0.2, -0.15) is 0 Å². The Bertz CT molecular complexity index is 470. The van der Waals surface area contributed by atoms with Crippen LogP contribution in [0.5, 0.6) is 5.75 Å². The number of benzene rings is 1. The fraction of sp³-hybridized carbons (Fsp3) is 0.647. The van der Waals surface area contributed by atoms with Crippen LogP contribution in [0.15, 0.2) is 22.7 Å². The topological polar surface area (TPSA) is 44.5 Å². The molecule has 1 saturated carbocycles. The molecule has 4 heteroatoms. The molecule has 1 aromatic rings. The van der Waals surface area contributed by atoms with Crippen LogP contribution in [0.3, 0.4) is 0 Å². The highest BCUT2D eigenvalue weighted by atomic mass is 79.9. The highest BCUT2D eigenvalue weighted by molar-refractivity contribution is 9.10. The van der Waals surface area contributed by atoms with E-state index in [1.807, 2.05) is 12.1 Å². The van der Waals surface area contributed by atoms with Crippen molar-refractivity contribution in [3.8, 4) is 5.75 Å². The van der Waals surface area contributed by atoms with Crippen molar-refractivity contribution in [2.45, 2.75) is 50.7 Å². The van der Waals surface area contributed by atoms with Crippen LogP contribution in [0.4, 0.5) is 0 Å². The maximum absolute atomic E-state index is 6.55. The van der Waals surface area contributed by atoms with E-state index in [4.69, 9.17) is 15.2 Å². The Balaban J connectivity index is 2.16. The summed E-state index contributed by atoms with van der Waals surface area (Å²) < 4.78 is 12.4. The summed E-state index contributed by atoms with van der Waals surface area (Å²) in [6.45, 7) is 2.31. The third-order valence-electron chi connectivity index (χ3n) is 4.89. The Morgan fingerprint density at radius 3 is 2.57 bits per heavy atom. The predicted molar refractivity (Wildman–Crippen MR) is 89.7 cm³/mol. The number of methoxy groups -OCH3 is 2. The van der Waals surface area contributed by atoms with Crippen LogP contribution in [0.2, 0.25) is 0 Å². The maximum Gasteiger partial charge on any atom is 0.122 e. The second kappa shape index (κ2) is 7.12. The van der Waals surface area contributed by atoms with E-state index in [9.17, 15) is 0 Å². The molecular weight excluding hydrogens is 330 g/mol. The molecular formula is C17H26BrNO2. The van der Waals surface area contributed by atoms with Gasteiger partial charge in [0.1, 0.15) is 5.75 Å². The van der Waals surface area contributed by atoms with E-state index in [0.717, 1.165) is 41.0 Å². The zero-order valence-corrected chi connectivity index (χ0v) is 14.8. The number of ether oxygens (including phenoxy) is 2. The van der Waals surface area contributed by atoms with Crippen molar-refractivity contribution >= 4 is 15.9 Å². The number of rotatable bonds is 5. The van der Waals surface area contributed by atoms with Crippen molar-refractivity contribution in [2.24, 2.45) is 11.7 Å². The summed E-state index contributed by atoms with van der Waals surface area (Å²) in [5.74, 6) is 1.67. The van der Waals surface area contributed by atoms with Crippen molar-refractivity contribution in [1.82, 2.24) is 0 Å². The highest BCUT2D eigenvalue weighted by Crippen LogP contribution is 2.38. The normalized spacial score (nSPS) is 27.4. The summed E-state index contributed by atoms with van der Waals surface area (Å²) in [6.07, 6.45) is 5.24. The maximum atomic E-state index is 6.55. The molecule has 0 aromatic heterocycles.